The molecule has 270 valence electrons. The van der Waals surface area contributed by atoms with Gasteiger partial charge < -0.3 is 30.8 Å². The van der Waals surface area contributed by atoms with Gasteiger partial charge >= 0.3 is 12.4 Å². The molecule has 0 bridgehead atoms. The van der Waals surface area contributed by atoms with Gasteiger partial charge in [0, 0.05) is 75.5 Å². The van der Waals surface area contributed by atoms with Crippen molar-refractivity contribution in [2.24, 2.45) is 0 Å². The van der Waals surface area contributed by atoms with Crippen molar-refractivity contribution < 1.29 is 36.4 Å². The molecule has 5 rings (SSSR count). The molecule has 0 aliphatic carbocycles. The van der Waals surface area contributed by atoms with Crippen molar-refractivity contribution in [3.8, 4) is 0 Å². The third-order valence-corrected chi connectivity index (χ3v) is 9.67. The molecule has 3 fully saturated rings. The molecule has 3 aliphatic rings. The number of quaternary nitrogens is 1. The number of hydrogen-bond donors (Lipinski definition) is 2. The SMILES string of the molecule is CC(C)N/C(=C\[NH+]([O-])[O-])N1CCC(N2CCN(C3CCN(C(=O)c4cc(C(F)(F)F)cc(C(F)(F)F)c4)C(Cc4ccccc4)C3)CC2)C1. The fourth-order valence-corrected chi connectivity index (χ4v) is 7.31. The quantitative estimate of drug-likeness (QED) is 0.298. The van der Waals surface area contributed by atoms with E-state index in [4.69, 9.17) is 0 Å². The van der Waals surface area contributed by atoms with Gasteiger partial charge in [-0.15, -0.1) is 0 Å². The Hall–Kier alpha value is -3.37. The number of piperazine rings is 1. The summed E-state index contributed by atoms with van der Waals surface area (Å²) in [4.78, 5) is 22.0. The van der Waals surface area contributed by atoms with Gasteiger partial charge in [-0.05, 0) is 63.3 Å². The minimum absolute atomic E-state index is 0.0406. The van der Waals surface area contributed by atoms with Gasteiger partial charge in [0.2, 0.25) is 0 Å². The Morgan fingerprint density at radius 3 is 2.00 bits per heavy atom. The number of likely N-dealkylation sites (tertiary alicyclic amines) is 2. The van der Waals surface area contributed by atoms with Crippen LogP contribution in [-0.4, -0.2) is 95.5 Å². The van der Waals surface area contributed by atoms with Gasteiger partial charge in [-0.3, -0.25) is 14.6 Å². The first-order valence-electron chi connectivity index (χ1n) is 16.6. The van der Waals surface area contributed by atoms with Gasteiger partial charge in [-0.25, -0.2) is 0 Å². The van der Waals surface area contributed by atoms with Crippen molar-refractivity contribution >= 4 is 5.91 Å². The highest BCUT2D eigenvalue weighted by molar-refractivity contribution is 5.95. The molecule has 3 unspecified atom stereocenters. The highest BCUT2D eigenvalue weighted by Gasteiger charge is 2.41. The summed E-state index contributed by atoms with van der Waals surface area (Å²) in [6.07, 6.45) is -6.63. The van der Waals surface area contributed by atoms with Crippen molar-refractivity contribution in [1.82, 2.24) is 24.9 Å². The van der Waals surface area contributed by atoms with Crippen molar-refractivity contribution in [3.63, 3.8) is 0 Å². The third kappa shape index (κ3) is 9.45. The van der Waals surface area contributed by atoms with Crippen LogP contribution in [0.3, 0.4) is 0 Å². The van der Waals surface area contributed by atoms with Crippen LogP contribution in [0.15, 0.2) is 60.6 Å². The molecule has 2 aromatic carbocycles. The zero-order valence-electron chi connectivity index (χ0n) is 27.6. The first-order valence-corrected chi connectivity index (χ1v) is 16.6. The molecule has 0 aromatic heterocycles. The molecule has 3 saturated heterocycles. The Morgan fingerprint density at radius 2 is 1.45 bits per heavy atom. The van der Waals surface area contributed by atoms with Crippen LogP contribution in [0.1, 0.15) is 60.2 Å². The largest absolute Gasteiger partial charge is 0.628 e. The second-order valence-electron chi connectivity index (χ2n) is 13.4. The van der Waals surface area contributed by atoms with Crippen LogP contribution in [-0.2, 0) is 18.8 Å². The summed E-state index contributed by atoms with van der Waals surface area (Å²) < 4.78 is 81.6. The molecule has 3 aliphatic heterocycles. The number of carbonyl (C=O) groups is 1. The van der Waals surface area contributed by atoms with Crippen molar-refractivity contribution in [2.75, 3.05) is 45.8 Å². The lowest BCUT2D eigenvalue weighted by Gasteiger charge is -2.47. The van der Waals surface area contributed by atoms with E-state index in [9.17, 15) is 41.6 Å². The summed E-state index contributed by atoms with van der Waals surface area (Å²) >= 11 is 0. The topological polar surface area (TPSA) is 92.6 Å². The molecule has 49 heavy (non-hydrogen) atoms. The number of alkyl halides is 6. The van der Waals surface area contributed by atoms with Gasteiger partial charge in [-0.1, -0.05) is 30.3 Å². The van der Waals surface area contributed by atoms with E-state index in [0.29, 0.717) is 50.3 Å². The van der Waals surface area contributed by atoms with Gasteiger partial charge in [0.15, 0.2) is 5.82 Å². The van der Waals surface area contributed by atoms with E-state index in [0.717, 1.165) is 44.4 Å². The molecule has 0 spiro atoms. The number of piperidine rings is 1. The second kappa shape index (κ2) is 15.3. The second-order valence-corrected chi connectivity index (χ2v) is 13.4. The Balaban J connectivity index is 1.27. The number of hydrogen-bond acceptors (Lipinski definition) is 7. The van der Waals surface area contributed by atoms with Crippen LogP contribution in [0.25, 0.3) is 0 Å². The van der Waals surface area contributed by atoms with Crippen LogP contribution in [0.2, 0.25) is 0 Å². The molecule has 3 heterocycles. The predicted molar refractivity (Wildman–Crippen MR) is 172 cm³/mol. The van der Waals surface area contributed by atoms with Crippen LogP contribution in [0, 0.1) is 10.4 Å². The summed E-state index contributed by atoms with van der Waals surface area (Å²) in [5.74, 6) is -0.299. The molecule has 15 heteroatoms. The molecule has 0 radical (unpaired) electrons. The van der Waals surface area contributed by atoms with E-state index < -0.39 is 46.2 Å². The van der Waals surface area contributed by atoms with Crippen molar-refractivity contribution in [2.45, 2.75) is 76.1 Å². The van der Waals surface area contributed by atoms with Crippen LogP contribution in [0.5, 0.6) is 0 Å². The van der Waals surface area contributed by atoms with E-state index in [1.54, 1.807) is 0 Å². The molecule has 3 atom stereocenters. The number of hydroxylamine groups is 2. The standard InChI is InChI=1S/C34H43F6N6O3/c1-23(2)41-31(22-46(48)49)44-10-8-29(21-44)43-14-12-42(13-15-43)28-9-11-45(30(20-28)16-24-6-4-3-5-7-24)32(47)25-17-26(33(35,36)37)19-27(18-25)34(38,39)40/h3-7,17-19,22-23,28-30,41,46H,8-16,20-21H2,1-2H3/q-1/b31-22+. The van der Waals surface area contributed by atoms with Gasteiger partial charge in [0.25, 0.3) is 5.91 Å². The Bertz CT molecular complexity index is 1410. The van der Waals surface area contributed by atoms with Gasteiger partial charge in [-0.2, -0.15) is 26.3 Å². The number of halogens is 6. The van der Waals surface area contributed by atoms with E-state index in [1.165, 1.54) is 4.90 Å². The summed E-state index contributed by atoms with van der Waals surface area (Å²) in [5, 5.41) is 24.5. The fourth-order valence-electron chi connectivity index (χ4n) is 7.31. The Kier molecular flexibility index (Phi) is 11.5. The molecule has 2 N–H and O–H groups in total. The average molecular weight is 698 g/mol. The predicted octanol–water partition coefficient (Wildman–Crippen LogP) is 4.31. The molecule has 0 saturated carbocycles. The first-order chi connectivity index (χ1) is 23.1. The first kappa shape index (κ1) is 36.9. The van der Waals surface area contributed by atoms with E-state index in [-0.39, 0.29) is 30.7 Å². The fraction of sp³-hybridized carbons (Fsp3) is 0.559. The maximum absolute atomic E-state index is 13.7. The maximum atomic E-state index is 13.7. The van der Waals surface area contributed by atoms with Gasteiger partial charge in [0.05, 0.1) is 11.1 Å². The zero-order valence-corrected chi connectivity index (χ0v) is 27.6. The normalized spacial score (nSPS) is 23.5. The molecular formula is C34H43F6N6O3-. The number of carbonyl (C=O) groups excluding carboxylic acids is 1. The van der Waals surface area contributed by atoms with E-state index >= 15 is 0 Å². The lowest BCUT2D eigenvalue weighted by Crippen LogP contribution is -2.96. The molecular weight excluding hydrogens is 654 g/mol. The number of nitrogens with one attached hydrogen (secondary N) is 2. The highest BCUT2D eigenvalue weighted by atomic mass is 19.4. The summed E-state index contributed by atoms with van der Waals surface area (Å²) in [6, 6.07) is 10.4. The zero-order chi connectivity index (χ0) is 35.5. The minimum atomic E-state index is -5.05. The summed E-state index contributed by atoms with van der Waals surface area (Å²) in [7, 11) is 0. The summed E-state index contributed by atoms with van der Waals surface area (Å²) in [5.41, 5.74) is -2.73. The number of rotatable bonds is 9. The lowest BCUT2D eigenvalue weighted by molar-refractivity contribution is -0.732. The van der Waals surface area contributed by atoms with E-state index in [1.807, 2.05) is 49.1 Å². The van der Waals surface area contributed by atoms with Crippen LogP contribution >= 0.6 is 0 Å². The van der Waals surface area contributed by atoms with Crippen LogP contribution < -0.4 is 10.5 Å². The number of benzene rings is 2. The van der Waals surface area contributed by atoms with Crippen LogP contribution in [0.4, 0.5) is 26.3 Å². The van der Waals surface area contributed by atoms with Crippen molar-refractivity contribution in [3.05, 3.63) is 93.2 Å². The number of nitrogens with zero attached hydrogens (tertiary/aromatic N) is 4. The Labute approximate surface area is 282 Å². The monoisotopic (exact) mass is 697 g/mol. The Morgan fingerprint density at radius 1 is 0.878 bits per heavy atom. The molecule has 2 aromatic rings. The minimum Gasteiger partial charge on any atom is -0.628 e. The average Bonchev–Trinajstić information content (AvgIpc) is 3.54. The van der Waals surface area contributed by atoms with Gasteiger partial charge in [0.1, 0.15) is 6.20 Å². The highest BCUT2D eigenvalue weighted by Crippen LogP contribution is 2.37. The third-order valence-electron chi connectivity index (χ3n) is 9.67. The lowest BCUT2D eigenvalue weighted by atomic mass is 9.90. The maximum Gasteiger partial charge on any atom is 0.416 e. The molecule has 9 nitrogen and oxygen atoms in total. The number of amides is 1. The smallest absolute Gasteiger partial charge is 0.416 e. The molecule has 1 amide bonds. The summed E-state index contributed by atoms with van der Waals surface area (Å²) in [6.45, 7) is 8.60. The van der Waals surface area contributed by atoms with Crippen molar-refractivity contribution in [1.29, 1.82) is 0 Å². The van der Waals surface area contributed by atoms with E-state index in [2.05, 4.69) is 15.1 Å².